The standard InChI is InChI=1S/C14H19N3O3/c1-7-11(13(19)15-6-10(18)8-2-3-8)14(20)17-12(16-7)9-4-5-9/h8-10,18H,2-6H2,1H3,(H,15,19)(H,16,17,20). The van der Waals surface area contributed by atoms with Crippen molar-refractivity contribution in [3.05, 3.63) is 27.4 Å². The van der Waals surface area contributed by atoms with E-state index in [0.717, 1.165) is 25.7 Å². The molecule has 6 nitrogen and oxygen atoms in total. The lowest BCUT2D eigenvalue weighted by molar-refractivity contribution is 0.0898. The molecular formula is C14H19N3O3. The third-order valence-electron chi connectivity index (χ3n) is 3.95. The van der Waals surface area contributed by atoms with Crippen molar-refractivity contribution < 1.29 is 9.90 Å². The van der Waals surface area contributed by atoms with Crippen LogP contribution in [0.25, 0.3) is 0 Å². The van der Waals surface area contributed by atoms with Crippen LogP contribution in [0.3, 0.4) is 0 Å². The number of rotatable bonds is 5. The van der Waals surface area contributed by atoms with Crippen LogP contribution in [0.5, 0.6) is 0 Å². The topological polar surface area (TPSA) is 95.1 Å². The van der Waals surface area contributed by atoms with Crippen molar-refractivity contribution >= 4 is 5.91 Å². The molecule has 0 radical (unpaired) electrons. The molecule has 1 unspecified atom stereocenters. The number of H-pyrrole nitrogens is 1. The molecular weight excluding hydrogens is 258 g/mol. The Kier molecular flexibility index (Phi) is 3.33. The zero-order valence-electron chi connectivity index (χ0n) is 11.5. The van der Waals surface area contributed by atoms with Gasteiger partial charge in [-0.1, -0.05) is 0 Å². The van der Waals surface area contributed by atoms with Gasteiger partial charge < -0.3 is 15.4 Å². The number of nitrogens with zero attached hydrogens (tertiary/aromatic N) is 1. The molecule has 1 aromatic heterocycles. The summed E-state index contributed by atoms with van der Waals surface area (Å²) in [4.78, 5) is 31.1. The number of aliphatic hydroxyl groups is 1. The summed E-state index contributed by atoms with van der Waals surface area (Å²) in [6.07, 6.45) is 3.59. The van der Waals surface area contributed by atoms with Crippen LogP contribution in [0.15, 0.2) is 4.79 Å². The maximum absolute atomic E-state index is 12.0. The molecule has 6 heteroatoms. The molecule has 0 aliphatic heterocycles. The maximum atomic E-state index is 12.0. The number of aromatic amines is 1. The summed E-state index contributed by atoms with van der Waals surface area (Å²) in [5, 5.41) is 12.3. The maximum Gasteiger partial charge on any atom is 0.264 e. The van der Waals surface area contributed by atoms with Gasteiger partial charge in [-0.2, -0.15) is 0 Å². The summed E-state index contributed by atoms with van der Waals surface area (Å²) in [7, 11) is 0. The minimum atomic E-state index is -0.517. The van der Waals surface area contributed by atoms with E-state index in [9.17, 15) is 14.7 Å². The van der Waals surface area contributed by atoms with Crippen LogP contribution in [-0.2, 0) is 0 Å². The normalized spacial score (nSPS) is 19.7. The second kappa shape index (κ2) is 5.01. The van der Waals surface area contributed by atoms with Crippen LogP contribution in [0.4, 0.5) is 0 Å². The first-order valence-electron chi connectivity index (χ1n) is 7.13. The summed E-state index contributed by atoms with van der Waals surface area (Å²) in [5.74, 6) is 0.862. The number of amides is 1. The van der Waals surface area contributed by atoms with Crippen molar-refractivity contribution in [2.24, 2.45) is 5.92 Å². The largest absolute Gasteiger partial charge is 0.391 e. The van der Waals surface area contributed by atoms with Gasteiger partial charge in [0.05, 0.1) is 11.8 Å². The molecule has 108 valence electrons. The van der Waals surface area contributed by atoms with E-state index in [1.165, 1.54) is 0 Å². The Labute approximate surface area is 116 Å². The number of carbonyl (C=O) groups excluding carboxylic acids is 1. The predicted octanol–water partition coefficient (Wildman–Crippen LogP) is 0.456. The monoisotopic (exact) mass is 277 g/mol. The SMILES string of the molecule is Cc1nc(C2CC2)[nH]c(=O)c1C(=O)NCC(O)C1CC1. The van der Waals surface area contributed by atoms with E-state index in [1.807, 2.05) is 0 Å². The predicted molar refractivity (Wildman–Crippen MR) is 72.6 cm³/mol. The molecule has 20 heavy (non-hydrogen) atoms. The van der Waals surface area contributed by atoms with Gasteiger partial charge in [0.25, 0.3) is 11.5 Å². The van der Waals surface area contributed by atoms with Crippen molar-refractivity contribution in [3.8, 4) is 0 Å². The van der Waals surface area contributed by atoms with E-state index in [0.29, 0.717) is 23.4 Å². The van der Waals surface area contributed by atoms with E-state index in [2.05, 4.69) is 15.3 Å². The number of carbonyl (C=O) groups is 1. The number of aliphatic hydroxyl groups excluding tert-OH is 1. The molecule has 1 heterocycles. The number of hydrogen-bond donors (Lipinski definition) is 3. The van der Waals surface area contributed by atoms with Crippen LogP contribution in [0.2, 0.25) is 0 Å². The Balaban J connectivity index is 1.71. The quantitative estimate of drug-likeness (QED) is 0.728. The fourth-order valence-corrected chi connectivity index (χ4v) is 2.36. The van der Waals surface area contributed by atoms with Crippen LogP contribution < -0.4 is 10.9 Å². The van der Waals surface area contributed by atoms with Crippen molar-refractivity contribution in [2.75, 3.05) is 6.54 Å². The van der Waals surface area contributed by atoms with E-state index < -0.39 is 17.6 Å². The van der Waals surface area contributed by atoms with E-state index in [-0.39, 0.29) is 12.1 Å². The summed E-state index contributed by atoms with van der Waals surface area (Å²) in [6, 6.07) is 0. The molecule has 2 saturated carbocycles. The van der Waals surface area contributed by atoms with Gasteiger partial charge in [-0.05, 0) is 38.5 Å². The number of aromatic nitrogens is 2. The van der Waals surface area contributed by atoms with Crippen LogP contribution >= 0.6 is 0 Å². The molecule has 3 N–H and O–H groups in total. The average molecular weight is 277 g/mol. The molecule has 1 atom stereocenters. The minimum Gasteiger partial charge on any atom is -0.391 e. The highest BCUT2D eigenvalue weighted by Crippen LogP contribution is 2.37. The van der Waals surface area contributed by atoms with Gasteiger partial charge in [0, 0.05) is 12.5 Å². The van der Waals surface area contributed by atoms with Gasteiger partial charge >= 0.3 is 0 Å². The molecule has 2 aliphatic rings. The molecule has 2 aliphatic carbocycles. The Morgan fingerprint density at radius 2 is 2.15 bits per heavy atom. The first kappa shape index (κ1) is 13.3. The van der Waals surface area contributed by atoms with E-state index >= 15 is 0 Å². The molecule has 1 aromatic rings. The smallest absolute Gasteiger partial charge is 0.264 e. The van der Waals surface area contributed by atoms with Crippen molar-refractivity contribution in [2.45, 2.75) is 44.6 Å². The molecule has 0 aromatic carbocycles. The fourth-order valence-electron chi connectivity index (χ4n) is 2.36. The average Bonchev–Trinajstić information content (AvgIpc) is 3.28. The van der Waals surface area contributed by atoms with Gasteiger partial charge in [-0.15, -0.1) is 0 Å². The van der Waals surface area contributed by atoms with Crippen LogP contribution in [0.1, 0.15) is 53.5 Å². The lowest BCUT2D eigenvalue weighted by atomic mass is 10.2. The summed E-state index contributed by atoms with van der Waals surface area (Å²) in [6.45, 7) is 1.86. The highest BCUT2D eigenvalue weighted by Gasteiger charge is 2.31. The molecule has 3 rings (SSSR count). The van der Waals surface area contributed by atoms with Crippen molar-refractivity contribution in [1.82, 2.24) is 15.3 Å². The van der Waals surface area contributed by atoms with Gasteiger partial charge in [0.1, 0.15) is 11.4 Å². The summed E-state index contributed by atoms with van der Waals surface area (Å²) in [5.41, 5.74) is 0.115. The van der Waals surface area contributed by atoms with E-state index in [4.69, 9.17) is 0 Å². The zero-order valence-corrected chi connectivity index (χ0v) is 11.5. The van der Waals surface area contributed by atoms with Gasteiger partial charge in [0.2, 0.25) is 0 Å². The van der Waals surface area contributed by atoms with Gasteiger partial charge in [0.15, 0.2) is 0 Å². The Bertz CT molecular complexity index is 588. The highest BCUT2D eigenvalue weighted by molar-refractivity contribution is 5.94. The zero-order chi connectivity index (χ0) is 14.3. The molecule has 0 spiro atoms. The molecule has 0 saturated heterocycles. The number of aryl methyl sites for hydroxylation is 1. The second-order valence-electron chi connectivity index (χ2n) is 5.80. The van der Waals surface area contributed by atoms with Gasteiger partial charge in [-0.25, -0.2) is 4.98 Å². The van der Waals surface area contributed by atoms with Crippen LogP contribution in [0, 0.1) is 12.8 Å². The summed E-state index contributed by atoms with van der Waals surface area (Å²) >= 11 is 0. The fraction of sp³-hybridized carbons (Fsp3) is 0.643. The molecule has 2 fully saturated rings. The second-order valence-corrected chi connectivity index (χ2v) is 5.80. The summed E-state index contributed by atoms with van der Waals surface area (Å²) < 4.78 is 0. The first-order chi connectivity index (χ1) is 9.56. The Hall–Kier alpha value is -1.69. The van der Waals surface area contributed by atoms with Crippen LogP contribution in [-0.4, -0.2) is 33.6 Å². The highest BCUT2D eigenvalue weighted by atomic mass is 16.3. The lowest BCUT2D eigenvalue weighted by Crippen LogP contribution is -2.37. The Morgan fingerprint density at radius 1 is 1.45 bits per heavy atom. The number of nitrogens with one attached hydrogen (secondary N) is 2. The van der Waals surface area contributed by atoms with Crippen molar-refractivity contribution in [1.29, 1.82) is 0 Å². The molecule has 0 bridgehead atoms. The third-order valence-corrected chi connectivity index (χ3v) is 3.95. The van der Waals surface area contributed by atoms with E-state index in [1.54, 1.807) is 6.92 Å². The van der Waals surface area contributed by atoms with Crippen molar-refractivity contribution in [3.63, 3.8) is 0 Å². The first-order valence-corrected chi connectivity index (χ1v) is 7.13. The molecule has 1 amide bonds. The third kappa shape index (κ3) is 2.75. The van der Waals surface area contributed by atoms with Gasteiger partial charge in [-0.3, -0.25) is 9.59 Å². The Morgan fingerprint density at radius 3 is 2.70 bits per heavy atom. The minimum absolute atomic E-state index is 0.0531. The number of hydrogen-bond acceptors (Lipinski definition) is 4. The lowest BCUT2D eigenvalue weighted by Gasteiger charge is -2.11.